The topological polar surface area (TPSA) is 48.3 Å². The summed E-state index contributed by atoms with van der Waals surface area (Å²) >= 11 is 3.55. The Hall–Kier alpha value is -0.430. The number of nitrogens with zero attached hydrogens (tertiary/aromatic N) is 2. The van der Waals surface area contributed by atoms with E-state index < -0.39 is 0 Å². The fourth-order valence-corrected chi connectivity index (χ4v) is 2.28. The minimum absolute atomic E-state index is 0.0907. The molecule has 0 saturated heterocycles. The van der Waals surface area contributed by atoms with Crippen LogP contribution in [-0.4, -0.2) is 42.8 Å². The molecule has 1 aromatic rings. The first kappa shape index (κ1) is 16.6. The molecule has 1 aromatic heterocycles. The van der Waals surface area contributed by atoms with Gasteiger partial charge in [-0.1, -0.05) is 0 Å². The molecular formula is C13H24BrN3O2. The Labute approximate surface area is 123 Å². The minimum Gasteiger partial charge on any atom is -0.383 e. The third-order valence-electron chi connectivity index (χ3n) is 2.70. The molecule has 0 aromatic carbocycles. The highest BCUT2D eigenvalue weighted by Gasteiger charge is 2.21. The summed E-state index contributed by atoms with van der Waals surface area (Å²) in [5, 5.41) is 7.64. The van der Waals surface area contributed by atoms with E-state index in [2.05, 4.69) is 47.1 Å². The van der Waals surface area contributed by atoms with Crippen LogP contribution in [0.15, 0.2) is 10.7 Å². The van der Waals surface area contributed by atoms with Crippen LogP contribution in [-0.2, 0) is 16.0 Å². The van der Waals surface area contributed by atoms with Crippen LogP contribution in [0, 0.1) is 0 Å². The lowest BCUT2D eigenvalue weighted by Crippen LogP contribution is -2.30. The normalized spacial score (nSPS) is 13.8. The molecular weight excluding hydrogens is 310 g/mol. The van der Waals surface area contributed by atoms with E-state index in [0.717, 1.165) is 16.7 Å². The molecule has 0 aliphatic heterocycles. The Morgan fingerprint density at radius 2 is 2.16 bits per heavy atom. The van der Waals surface area contributed by atoms with Crippen LogP contribution in [0.1, 0.15) is 32.5 Å². The third-order valence-corrected chi connectivity index (χ3v) is 3.31. The van der Waals surface area contributed by atoms with Gasteiger partial charge in [0.15, 0.2) is 0 Å². The van der Waals surface area contributed by atoms with Crippen LogP contribution >= 0.6 is 15.9 Å². The highest BCUT2D eigenvalue weighted by molar-refractivity contribution is 9.10. The van der Waals surface area contributed by atoms with Crippen molar-refractivity contribution in [1.29, 1.82) is 0 Å². The molecule has 0 bridgehead atoms. The fraction of sp³-hybridized carbons (Fsp3) is 0.769. The SMILES string of the molecule is CNC(COC(C)(C)C)c1c(Br)cnn1CCOC. The van der Waals surface area contributed by atoms with Crippen molar-refractivity contribution in [2.45, 2.75) is 39.0 Å². The molecule has 5 nitrogen and oxygen atoms in total. The van der Waals surface area contributed by atoms with E-state index in [1.54, 1.807) is 7.11 Å². The van der Waals surface area contributed by atoms with Crippen LogP contribution < -0.4 is 5.32 Å². The molecule has 1 rings (SSSR count). The zero-order valence-corrected chi connectivity index (χ0v) is 14.0. The Morgan fingerprint density at radius 1 is 1.47 bits per heavy atom. The summed E-state index contributed by atoms with van der Waals surface area (Å²) in [7, 11) is 3.62. The monoisotopic (exact) mass is 333 g/mol. The zero-order valence-electron chi connectivity index (χ0n) is 12.4. The van der Waals surface area contributed by atoms with Crippen LogP contribution in [0.4, 0.5) is 0 Å². The van der Waals surface area contributed by atoms with Crippen LogP contribution in [0.2, 0.25) is 0 Å². The van der Waals surface area contributed by atoms with Crippen molar-refractivity contribution < 1.29 is 9.47 Å². The molecule has 0 aliphatic rings. The van der Waals surface area contributed by atoms with Gasteiger partial charge in [-0.3, -0.25) is 4.68 Å². The molecule has 0 spiro atoms. The molecule has 0 aliphatic carbocycles. The van der Waals surface area contributed by atoms with E-state index in [0.29, 0.717) is 13.2 Å². The van der Waals surface area contributed by atoms with Gasteiger partial charge in [0.1, 0.15) is 0 Å². The third kappa shape index (κ3) is 5.22. The maximum absolute atomic E-state index is 5.86. The molecule has 110 valence electrons. The van der Waals surface area contributed by atoms with Gasteiger partial charge in [0.25, 0.3) is 0 Å². The zero-order chi connectivity index (χ0) is 14.5. The van der Waals surface area contributed by atoms with Gasteiger partial charge >= 0.3 is 0 Å². The number of aromatic nitrogens is 2. The molecule has 19 heavy (non-hydrogen) atoms. The summed E-state index contributed by atoms with van der Waals surface area (Å²) < 4.78 is 13.9. The number of rotatable bonds is 7. The van der Waals surface area contributed by atoms with Crippen molar-refractivity contribution in [2.24, 2.45) is 0 Å². The maximum Gasteiger partial charge on any atom is 0.0739 e. The number of halogens is 1. The van der Waals surface area contributed by atoms with E-state index in [9.17, 15) is 0 Å². The van der Waals surface area contributed by atoms with Gasteiger partial charge in [0, 0.05) is 7.11 Å². The molecule has 1 heterocycles. The Balaban J connectivity index is 2.81. The summed E-state index contributed by atoms with van der Waals surface area (Å²) in [5.74, 6) is 0. The lowest BCUT2D eigenvalue weighted by Gasteiger charge is -2.25. The predicted molar refractivity (Wildman–Crippen MR) is 79.3 cm³/mol. The van der Waals surface area contributed by atoms with Crippen LogP contribution in [0.25, 0.3) is 0 Å². The second kappa shape index (κ2) is 7.38. The molecule has 0 amide bonds. The predicted octanol–water partition coefficient (Wildman–Crippen LogP) is 2.37. The fourth-order valence-electron chi connectivity index (χ4n) is 1.71. The molecule has 1 atom stereocenters. The second-order valence-corrected chi connectivity index (χ2v) is 6.21. The van der Waals surface area contributed by atoms with Gasteiger partial charge in [-0.25, -0.2) is 0 Å². The van der Waals surface area contributed by atoms with Crippen molar-refractivity contribution in [2.75, 3.05) is 27.4 Å². The summed E-state index contributed by atoms with van der Waals surface area (Å²) in [4.78, 5) is 0. The minimum atomic E-state index is -0.154. The molecule has 0 fully saturated rings. The van der Waals surface area contributed by atoms with E-state index in [1.165, 1.54) is 0 Å². The summed E-state index contributed by atoms with van der Waals surface area (Å²) in [5.41, 5.74) is 0.933. The highest BCUT2D eigenvalue weighted by Crippen LogP contribution is 2.24. The molecule has 0 saturated carbocycles. The summed E-state index contributed by atoms with van der Waals surface area (Å²) in [6.07, 6.45) is 1.81. The molecule has 1 unspecified atom stereocenters. The number of hydrogen-bond donors (Lipinski definition) is 1. The standard InChI is InChI=1S/C13H24BrN3O2/c1-13(2,3)19-9-11(15-4)12-10(14)8-16-17(12)6-7-18-5/h8,11,15H,6-7,9H2,1-5H3. The molecule has 1 N–H and O–H groups in total. The first-order chi connectivity index (χ1) is 8.89. The van der Waals surface area contributed by atoms with E-state index in [-0.39, 0.29) is 11.6 Å². The van der Waals surface area contributed by atoms with E-state index in [4.69, 9.17) is 9.47 Å². The van der Waals surface area contributed by atoms with Crippen molar-refractivity contribution >= 4 is 15.9 Å². The molecule has 0 radical (unpaired) electrons. The van der Waals surface area contributed by atoms with Gasteiger partial charge in [-0.15, -0.1) is 0 Å². The van der Waals surface area contributed by atoms with Crippen molar-refractivity contribution in [1.82, 2.24) is 15.1 Å². The second-order valence-electron chi connectivity index (χ2n) is 5.36. The number of hydrogen-bond acceptors (Lipinski definition) is 4. The smallest absolute Gasteiger partial charge is 0.0739 e. The van der Waals surface area contributed by atoms with Crippen LogP contribution in [0.3, 0.4) is 0 Å². The quantitative estimate of drug-likeness (QED) is 0.832. The number of nitrogens with one attached hydrogen (secondary N) is 1. The number of methoxy groups -OCH3 is 1. The van der Waals surface area contributed by atoms with E-state index >= 15 is 0 Å². The lowest BCUT2D eigenvalue weighted by molar-refractivity contribution is -0.0151. The number of likely N-dealkylation sites (N-methyl/N-ethyl adjacent to an activating group) is 1. The summed E-state index contributed by atoms with van der Waals surface area (Å²) in [6.45, 7) is 8.12. The first-order valence-electron chi connectivity index (χ1n) is 6.40. The lowest BCUT2D eigenvalue weighted by atomic mass is 10.1. The van der Waals surface area contributed by atoms with Gasteiger partial charge in [-0.2, -0.15) is 5.10 Å². The first-order valence-corrected chi connectivity index (χ1v) is 7.19. The van der Waals surface area contributed by atoms with E-state index in [1.807, 2.05) is 17.9 Å². The Morgan fingerprint density at radius 3 is 2.68 bits per heavy atom. The Kier molecular flexibility index (Phi) is 6.46. The van der Waals surface area contributed by atoms with Crippen LogP contribution in [0.5, 0.6) is 0 Å². The average molecular weight is 334 g/mol. The highest BCUT2D eigenvalue weighted by atomic mass is 79.9. The van der Waals surface area contributed by atoms with Gasteiger partial charge in [0.05, 0.1) is 47.8 Å². The van der Waals surface area contributed by atoms with Crippen molar-refractivity contribution in [3.63, 3.8) is 0 Å². The van der Waals surface area contributed by atoms with Crippen molar-refractivity contribution in [3.05, 3.63) is 16.4 Å². The van der Waals surface area contributed by atoms with Gasteiger partial charge in [0.2, 0.25) is 0 Å². The maximum atomic E-state index is 5.86. The van der Waals surface area contributed by atoms with Gasteiger partial charge < -0.3 is 14.8 Å². The number of ether oxygens (including phenoxy) is 2. The van der Waals surface area contributed by atoms with Gasteiger partial charge in [-0.05, 0) is 43.7 Å². The van der Waals surface area contributed by atoms with Crippen molar-refractivity contribution in [3.8, 4) is 0 Å². The Bertz CT molecular complexity index is 388. The average Bonchev–Trinajstić information content (AvgIpc) is 2.68. The summed E-state index contributed by atoms with van der Waals surface area (Å²) in [6, 6.07) is 0.0907. The molecule has 6 heteroatoms. The largest absolute Gasteiger partial charge is 0.383 e.